The SMILES string of the molecule is CN(C)CC1CCN(c2nc(Br)cn3ccnc23)CC1. The zero-order valence-corrected chi connectivity index (χ0v) is 13.5. The summed E-state index contributed by atoms with van der Waals surface area (Å²) in [7, 11) is 4.30. The van der Waals surface area contributed by atoms with Crippen molar-refractivity contribution in [2.45, 2.75) is 12.8 Å². The summed E-state index contributed by atoms with van der Waals surface area (Å²) in [5.41, 5.74) is 0.944. The second-order valence-electron chi connectivity index (χ2n) is 5.74. The number of imidazole rings is 1. The van der Waals surface area contributed by atoms with Gasteiger partial charge in [-0.1, -0.05) is 0 Å². The molecule has 0 unspecified atom stereocenters. The molecule has 6 heteroatoms. The number of nitrogens with zero attached hydrogens (tertiary/aromatic N) is 5. The van der Waals surface area contributed by atoms with Crippen molar-refractivity contribution in [1.82, 2.24) is 19.3 Å². The van der Waals surface area contributed by atoms with Crippen molar-refractivity contribution in [2.75, 3.05) is 38.6 Å². The molecule has 0 atom stereocenters. The minimum atomic E-state index is 0.796. The third-order valence-corrected chi connectivity index (χ3v) is 4.25. The fourth-order valence-electron chi connectivity index (χ4n) is 2.94. The molecule has 3 heterocycles. The van der Waals surface area contributed by atoms with Crippen molar-refractivity contribution in [3.05, 3.63) is 23.2 Å². The summed E-state index contributed by atoms with van der Waals surface area (Å²) in [6.07, 6.45) is 8.18. The lowest BCUT2D eigenvalue weighted by Crippen LogP contribution is -2.37. The molecular weight excluding hydrogens is 318 g/mol. The van der Waals surface area contributed by atoms with Crippen LogP contribution in [0.1, 0.15) is 12.8 Å². The molecule has 0 radical (unpaired) electrons. The van der Waals surface area contributed by atoms with Crippen molar-refractivity contribution >= 4 is 27.4 Å². The van der Waals surface area contributed by atoms with Crippen LogP contribution in [0.3, 0.4) is 0 Å². The molecule has 1 aliphatic rings. The molecule has 2 aromatic heterocycles. The molecule has 0 amide bonds. The Balaban J connectivity index is 1.78. The number of aromatic nitrogens is 3. The quantitative estimate of drug-likeness (QED) is 0.860. The Labute approximate surface area is 127 Å². The molecule has 0 bridgehead atoms. The first-order valence-electron chi connectivity index (χ1n) is 7.02. The molecule has 3 rings (SSSR count). The van der Waals surface area contributed by atoms with Gasteiger partial charge in [-0.25, -0.2) is 9.97 Å². The summed E-state index contributed by atoms with van der Waals surface area (Å²) >= 11 is 3.49. The molecule has 5 nitrogen and oxygen atoms in total. The highest BCUT2D eigenvalue weighted by Gasteiger charge is 2.22. The van der Waals surface area contributed by atoms with E-state index in [1.807, 2.05) is 23.0 Å². The molecule has 0 aromatic carbocycles. The number of hydrogen-bond acceptors (Lipinski definition) is 4. The van der Waals surface area contributed by atoms with E-state index in [4.69, 9.17) is 0 Å². The fraction of sp³-hybridized carbons (Fsp3) is 0.571. The van der Waals surface area contributed by atoms with Gasteiger partial charge in [0.25, 0.3) is 0 Å². The molecule has 0 aliphatic carbocycles. The van der Waals surface area contributed by atoms with Gasteiger partial charge in [0.15, 0.2) is 11.5 Å². The number of piperidine rings is 1. The fourth-order valence-corrected chi connectivity index (χ4v) is 3.33. The third kappa shape index (κ3) is 2.81. The van der Waals surface area contributed by atoms with Crippen LogP contribution < -0.4 is 4.90 Å². The van der Waals surface area contributed by atoms with E-state index < -0.39 is 0 Å². The summed E-state index contributed by atoms with van der Waals surface area (Å²) in [6, 6.07) is 0. The van der Waals surface area contributed by atoms with E-state index in [0.717, 1.165) is 35.1 Å². The maximum absolute atomic E-state index is 4.63. The number of hydrogen-bond donors (Lipinski definition) is 0. The number of fused-ring (bicyclic) bond motifs is 1. The van der Waals surface area contributed by atoms with Crippen LogP contribution in [-0.4, -0.2) is 53.0 Å². The van der Waals surface area contributed by atoms with E-state index in [1.165, 1.54) is 19.4 Å². The van der Waals surface area contributed by atoms with Crippen molar-refractivity contribution in [3.63, 3.8) is 0 Å². The largest absolute Gasteiger partial charge is 0.353 e. The topological polar surface area (TPSA) is 36.7 Å². The zero-order chi connectivity index (χ0) is 14.1. The third-order valence-electron chi connectivity index (χ3n) is 3.86. The lowest BCUT2D eigenvalue weighted by atomic mass is 9.96. The smallest absolute Gasteiger partial charge is 0.180 e. The van der Waals surface area contributed by atoms with Crippen LogP contribution in [-0.2, 0) is 0 Å². The van der Waals surface area contributed by atoms with Gasteiger partial charge in [0.05, 0.1) is 0 Å². The van der Waals surface area contributed by atoms with E-state index in [0.29, 0.717) is 0 Å². The Morgan fingerprint density at radius 2 is 2.10 bits per heavy atom. The lowest BCUT2D eigenvalue weighted by Gasteiger charge is -2.34. The predicted octanol–water partition coefficient (Wildman–Crippen LogP) is 2.27. The van der Waals surface area contributed by atoms with Gasteiger partial charge in [-0.15, -0.1) is 0 Å². The molecule has 0 saturated carbocycles. The van der Waals surface area contributed by atoms with Crippen molar-refractivity contribution in [3.8, 4) is 0 Å². The van der Waals surface area contributed by atoms with E-state index in [1.54, 1.807) is 0 Å². The van der Waals surface area contributed by atoms with Crippen molar-refractivity contribution < 1.29 is 0 Å². The average Bonchev–Trinajstić information content (AvgIpc) is 2.86. The first-order chi connectivity index (χ1) is 9.63. The minimum Gasteiger partial charge on any atom is -0.353 e. The van der Waals surface area contributed by atoms with Crippen LogP contribution in [0, 0.1) is 5.92 Å². The van der Waals surface area contributed by atoms with Gasteiger partial charge >= 0.3 is 0 Å². The normalized spacial score (nSPS) is 17.3. The molecule has 2 aromatic rings. The van der Waals surface area contributed by atoms with Crippen LogP contribution in [0.25, 0.3) is 5.65 Å². The van der Waals surface area contributed by atoms with E-state index in [2.05, 4.69) is 49.8 Å². The molecule has 1 aliphatic heterocycles. The molecule has 108 valence electrons. The highest BCUT2D eigenvalue weighted by molar-refractivity contribution is 9.10. The monoisotopic (exact) mass is 337 g/mol. The van der Waals surface area contributed by atoms with Gasteiger partial charge in [0, 0.05) is 38.2 Å². The Morgan fingerprint density at radius 1 is 1.35 bits per heavy atom. The molecule has 1 fully saturated rings. The highest BCUT2D eigenvalue weighted by Crippen LogP contribution is 2.26. The Bertz CT molecular complexity index is 586. The Hall–Kier alpha value is -1.14. The molecule has 20 heavy (non-hydrogen) atoms. The molecule has 0 N–H and O–H groups in total. The van der Waals surface area contributed by atoms with Gasteiger partial charge in [0.1, 0.15) is 4.60 Å². The number of anilines is 1. The standard InChI is InChI=1S/C14H20BrN5/c1-18(2)9-11-3-6-19(7-4-11)14-13-16-5-8-20(13)10-12(15)17-14/h5,8,10-11H,3-4,6-7,9H2,1-2H3. The first-order valence-corrected chi connectivity index (χ1v) is 7.81. The minimum absolute atomic E-state index is 0.796. The summed E-state index contributed by atoms with van der Waals surface area (Å²) in [4.78, 5) is 13.7. The van der Waals surface area contributed by atoms with Crippen LogP contribution >= 0.6 is 15.9 Å². The maximum Gasteiger partial charge on any atom is 0.180 e. The Morgan fingerprint density at radius 3 is 2.80 bits per heavy atom. The van der Waals surface area contributed by atoms with Gasteiger partial charge in [-0.05, 0) is 48.8 Å². The summed E-state index contributed by atoms with van der Waals surface area (Å²) in [5, 5.41) is 0. The van der Waals surface area contributed by atoms with Gasteiger partial charge in [-0.3, -0.25) is 0 Å². The maximum atomic E-state index is 4.63. The second-order valence-corrected chi connectivity index (χ2v) is 6.55. The van der Waals surface area contributed by atoms with Crippen LogP contribution in [0.15, 0.2) is 23.2 Å². The first kappa shape index (κ1) is 13.8. The predicted molar refractivity (Wildman–Crippen MR) is 84.2 cm³/mol. The number of rotatable bonds is 3. The van der Waals surface area contributed by atoms with Crippen molar-refractivity contribution in [2.24, 2.45) is 5.92 Å². The zero-order valence-electron chi connectivity index (χ0n) is 12.0. The second kappa shape index (κ2) is 5.69. The average molecular weight is 338 g/mol. The highest BCUT2D eigenvalue weighted by atomic mass is 79.9. The Kier molecular flexibility index (Phi) is 3.94. The van der Waals surface area contributed by atoms with Crippen LogP contribution in [0.2, 0.25) is 0 Å². The summed E-state index contributed by atoms with van der Waals surface area (Å²) < 4.78 is 2.88. The lowest BCUT2D eigenvalue weighted by molar-refractivity contribution is 0.284. The summed E-state index contributed by atoms with van der Waals surface area (Å²) in [5.74, 6) is 1.79. The molecule has 1 saturated heterocycles. The molecule has 0 spiro atoms. The van der Waals surface area contributed by atoms with E-state index >= 15 is 0 Å². The van der Waals surface area contributed by atoms with Crippen LogP contribution in [0.5, 0.6) is 0 Å². The van der Waals surface area contributed by atoms with Gasteiger partial charge < -0.3 is 14.2 Å². The van der Waals surface area contributed by atoms with Crippen LogP contribution in [0.4, 0.5) is 5.82 Å². The molecular formula is C14H20BrN5. The summed E-state index contributed by atoms with van der Waals surface area (Å²) in [6.45, 7) is 3.30. The van der Waals surface area contributed by atoms with E-state index in [9.17, 15) is 0 Å². The van der Waals surface area contributed by atoms with Gasteiger partial charge in [0.2, 0.25) is 0 Å². The van der Waals surface area contributed by atoms with Crippen molar-refractivity contribution in [1.29, 1.82) is 0 Å². The van der Waals surface area contributed by atoms with Gasteiger partial charge in [-0.2, -0.15) is 0 Å². The van der Waals surface area contributed by atoms with E-state index in [-0.39, 0.29) is 0 Å². The number of halogens is 1.